The topological polar surface area (TPSA) is 103 Å². The maximum Gasteiger partial charge on any atom is 0.435 e. The van der Waals surface area contributed by atoms with Crippen LogP contribution < -0.4 is 5.73 Å². The van der Waals surface area contributed by atoms with Gasteiger partial charge in [0.2, 0.25) is 0 Å². The Morgan fingerprint density at radius 2 is 2.06 bits per heavy atom. The van der Waals surface area contributed by atoms with Gasteiger partial charge >= 0.3 is 6.18 Å². The van der Waals surface area contributed by atoms with Crippen molar-refractivity contribution in [2.24, 2.45) is 0 Å². The zero-order valence-corrected chi connectivity index (χ0v) is 18.9. The Kier molecular flexibility index (Phi) is 6.41. The summed E-state index contributed by atoms with van der Waals surface area (Å²) in [6.07, 6.45) is -4.78. The van der Waals surface area contributed by atoms with Gasteiger partial charge in [-0.2, -0.15) is 18.3 Å². The molecule has 34 heavy (non-hydrogen) atoms. The average Bonchev–Trinajstić information content (AvgIpc) is 3.19. The summed E-state index contributed by atoms with van der Waals surface area (Å²) >= 11 is 0. The highest BCUT2D eigenvalue weighted by atomic mass is 19.4. The number of carbonyl (C=O) groups is 1. The van der Waals surface area contributed by atoms with Crippen molar-refractivity contribution in [2.75, 3.05) is 19.5 Å². The third kappa shape index (κ3) is 4.53. The summed E-state index contributed by atoms with van der Waals surface area (Å²) in [6.45, 7) is 4.23. The summed E-state index contributed by atoms with van der Waals surface area (Å²) in [5, 5.41) is 7.70. The molecule has 1 amide bonds. The zero-order valence-electron chi connectivity index (χ0n) is 18.9. The van der Waals surface area contributed by atoms with Crippen LogP contribution >= 0.6 is 0 Å². The molecule has 11 heteroatoms. The van der Waals surface area contributed by atoms with Gasteiger partial charge in [0.15, 0.2) is 5.69 Å². The Morgan fingerprint density at radius 1 is 1.29 bits per heavy atom. The lowest BCUT2D eigenvalue weighted by Gasteiger charge is -2.29. The normalized spacial score (nSPS) is 16.5. The minimum absolute atomic E-state index is 0.0369. The lowest BCUT2D eigenvalue weighted by Crippen LogP contribution is -2.40. The van der Waals surface area contributed by atoms with Crippen LogP contribution in [0.5, 0.6) is 0 Å². The van der Waals surface area contributed by atoms with E-state index in [4.69, 9.17) is 15.2 Å². The van der Waals surface area contributed by atoms with Gasteiger partial charge in [0.1, 0.15) is 5.82 Å². The monoisotopic (exact) mass is 475 g/mol. The Balaban J connectivity index is 1.68. The Hall–Kier alpha value is -3.31. The van der Waals surface area contributed by atoms with Crippen LogP contribution in [-0.4, -0.2) is 45.7 Å². The summed E-state index contributed by atoms with van der Waals surface area (Å²) in [5.74, 6) is 0.0773. The molecule has 1 aliphatic rings. The number of nitrogens with two attached hydrogens (primary N) is 1. The first-order valence-electron chi connectivity index (χ1n) is 10.6. The van der Waals surface area contributed by atoms with Crippen LogP contribution in [0, 0.1) is 0 Å². The highest BCUT2D eigenvalue weighted by Crippen LogP contribution is 2.38. The average molecular weight is 475 g/mol. The van der Waals surface area contributed by atoms with Gasteiger partial charge in [-0.1, -0.05) is 0 Å². The molecule has 0 bridgehead atoms. The van der Waals surface area contributed by atoms with E-state index in [0.717, 1.165) is 22.6 Å². The van der Waals surface area contributed by atoms with Crippen molar-refractivity contribution in [3.05, 3.63) is 58.4 Å². The Labute approximate surface area is 193 Å². The number of amides is 1. The van der Waals surface area contributed by atoms with Crippen LogP contribution in [-0.2, 0) is 28.8 Å². The molecule has 0 radical (unpaired) electrons. The number of aromatic nitrogens is 3. The molecule has 3 aromatic rings. The fourth-order valence-electron chi connectivity index (χ4n) is 4.09. The molecule has 4 rings (SSSR count). The van der Waals surface area contributed by atoms with E-state index in [-0.39, 0.29) is 36.9 Å². The van der Waals surface area contributed by atoms with Crippen LogP contribution in [0.1, 0.15) is 52.8 Å². The molecular formula is C23H24F3N5O3. The van der Waals surface area contributed by atoms with Crippen molar-refractivity contribution in [3.63, 3.8) is 0 Å². The maximum atomic E-state index is 13.5. The second-order valence-corrected chi connectivity index (χ2v) is 8.22. The van der Waals surface area contributed by atoms with E-state index in [2.05, 4.69) is 15.2 Å². The number of benzene rings is 1. The van der Waals surface area contributed by atoms with Crippen LogP contribution in [0.25, 0.3) is 10.9 Å². The molecule has 0 saturated heterocycles. The fraction of sp³-hybridized carbons (Fsp3) is 0.391. The van der Waals surface area contributed by atoms with Crippen LogP contribution in [0.3, 0.4) is 0 Å². The van der Waals surface area contributed by atoms with Gasteiger partial charge in [0, 0.05) is 23.6 Å². The first-order chi connectivity index (χ1) is 16.1. The van der Waals surface area contributed by atoms with Crippen LogP contribution in [0.2, 0.25) is 0 Å². The lowest BCUT2D eigenvalue weighted by molar-refractivity contribution is -0.141. The summed E-state index contributed by atoms with van der Waals surface area (Å²) in [5.41, 5.74) is 8.00. The lowest BCUT2D eigenvalue weighted by atomic mass is 10.00. The van der Waals surface area contributed by atoms with Gasteiger partial charge in [-0.15, -0.1) is 5.10 Å². The van der Waals surface area contributed by atoms with Crippen molar-refractivity contribution in [3.8, 4) is 0 Å². The highest BCUT2D eigenvalue weighted by Gasteiger charge is 2.33. The van der Waals surface area contributed by atoms with E-state index in [1.165, 1.54) is 18.1 Å². The predicted molar refractivity (Wildman–Crippen MR) is 118 cm³/mol. The van der Waals surface area contributed by atoms with Gasteiger partial charge in [-0.05, 0) is 49.7 Å². The molecule has 0 spiro atoms. The number of fused-ring (bicyclic) bond motifs is 3. The summed E-state index contributed by atoms with van der Waals surface area (Å²) in [7, 11) is 1.51. The second-order valence-electron chi connectivity index (χ2n) is 8.22. The largest absolute Gasteiger partial charge is 0.435 e. The highest BCUT2D eigenvalue weighted by molar-refractivity contribution is 5.99. The number of carbonyl (C=O) groups excluding carboxylic acids is 1. The predicted octanol–water partition coefficient (Wildman–Crippen LogP) is 3.89. The molecular weight excluding hydrogens is 451 g/mol. The Morgan fingerprint density at radius 3 is 2.71 bits per heavy atom. The third-order valence-corrected chi connectivity index (χ3v) is 5.84. The number of methoxy groups -OCH3 is 1. The summed E-state index contributed by atoms with van der Waals surface area (Å²) in [6, 6.07) is 6.80. The van der Waals surface area contributed by atoms with Crippen molar-refractivity contribution >= 4 is 22.6 Å². The number of ether oxygens (including phenoxy) is 2. The smallest absolute Gasteiger partial charge is 0.383 e. The minimum Gasteiger partial charge on any atom is -0.383 e. The van der Waals surface area contributed by atoms with E-state index in [1.807, 2.05) is 6.92 Å². The molecule has 2 atom stereocenters. The molecule has 8 nitrogen and oxygen atoms in total. The van der Waals surface area contributed by atoms with Gasteiger partial charge in [-0.25, -0.2) is 4.98 Å². The van der Waals surface area contributed by atoms with E-state index in [0.29, 0.717) is 23.5 Å². The van der Waals surface area contributed by atoms with Crippen molar-refractivity contribution in [2.45, 2.75) is 45.3 Å². The molecule has 180 valence electrons. The third-order valence-electron chi connectivity index (χ3n) is 5.84. The van der Waals surface area contributed by atoms with Gasteiger partial charge in [-0.3, -0.25) is 4.79 Å². The van der Waals surface area contributed by atoms with Gasteiger partial charge < -0.3 is 20.1 Å². The van der Waals surface area contributed by atoms with E-state index < -0.39 is 11.9 Å². The van der Waals surface area contributed by atoms with Crippen molar-refractivity contribution < 1.29 is 27.4 Å². The molecule has 0 fully saturated rings. The summed E-state index contributed by atoms with van der Waals surface area (Å²) < 4.78 is 49.4. The number of nitrogens with zero attached hydrogens (tertiary/aromatic N) is 4. The number of rotatable bonds is 6. The molecule has 1 aromatic carbocycles. The quantitative estimate of drug-likeness (QED) is 0.577. The van der Waals surface area contributed by atoms with Crippen molar-refractivity contribution in [1.82, 2.24) is 20.1 Å². The molecule has 0 saturated carbocycles. The minimum atomic E-state index is -4.59. The number of pyridine rings is 1. The molecule has 0 aliphatic carbocycles. The number of hydrogen-bond acceptors (Lipinski definition) is 7. The van der Waals surface area contributed by atoms with Gasteiger partial charge in [0.25, 0.3) is 5.91 Å². The number of anilines is 1. The number of nitrogen functional groups attached to an aromatic ring is 1. The van der Waals surface area contributed by atoms with Crippen molar-refractivity contribution in [1.29, 1.82) is 0 Å². The maximum absolute atomic E-state index is 13.5. The number of alkyl halides is 3. The SMILES string of the molecule is COC[C@H](C)N(Cc1ccc(C(F)(F)F)nn1)C(=O)c1ccc2nc(N)c3c(c2c1)CO[C@@H]3C. The molecule has 2 aromatic heterocycles. The molecule has 3 heterocycles. The van der Waals surface area contributed by atoms with E-state index >= 15 is 0 Å². The van der Waals surface area contributed by atoms with Gasteiger partial charge in [0.05, 0.1) is 43.1 Å². The zero-order chi connectivity index (χ0) is 24.6. The number of hydrogen-bond donors (Lipinski definition) is 1. The van der Waals surface area contributed by atoms with Crippen LogP contribution in [0.4, 0.5) is 19.0 Å². The summed E-state index contributed by atoms with van der Waals surface area (Å²) in [4.78, 5) is 19.5. The van der Waals surface area contributed by atoms with Crippen LogP contribution in [0.15, 0.2) is 30.3 Å². The molecule has 1 aliphatic heterocycles. The second kappa shape index (κ2) is 9.15. The number of halogens is 3. The first kappa shape index (κ1) is 23.8. The molecule has 0 unspecified atom stereocenters. The Bertz CT molecular complexity index is 1220. The van der Waals surface area contributed by atoms with E-state index in [9.17, 15) is 18.0 Å². The fourth-order valence-corrected chi connectivity index (χ4v) is 4.09. The van der Waals surface area contributed by atoms with E-state index in [1.54, 1.807) is 25.1 Å². The molecule has 2 N–H and O–H groups in total. The first-order valence-corrected chi connectivity index (χ1v) is 10.6. The standard InChI is InChI=1S/C23H24F3N5O3/c1-12(10-33-3)31(9-15-5-7-19(30-29-15)23(24,25)26)22(32)14-4-6-18-16(8-14)17-11-34-13(2)20(17)21(27)28-18/h4-8,12-13H,9-11H2,1-3H3,(H2,27,28)/t12-,13+/m0/s1.